The summed E-state index contributed by atoms with van der Waals surface area (Å²) < 4.78 is 18.6. The number of fused-ring (bicyclic) bond motifs is 2. The largest absolute Gasteiger partial charge is 0.478 e. The number of nitrogens with zero attached hydrogens (tertiary/aromatic N) is 2. The molecule has 0 saturated heterocycles. The first-order chi connectivity index (χ1) is 16.3. The van der Waals surface area contributed by atoms with Crippen molar-refractivity contribution in [3.63, 3.8) is 0 Å². The van der Waals surface area contributed by atoms with E-state index in [2.05, 4.69) is 58.3 Å². The number of hydrogen-bond donors (Lipinski definition) is 0. The molecule has 0 amide bonds. The smallest absolute Gasteiger partial charge is 0.142 e. The van der Waals surface area contributed by atoms with Gasteiger partial charge >= 0.3 is 0 Å². The number of benzene rings is 2. The minimum atomic E-state index is 0.436. The predicted molar refractivity (Wildman–Crippen MR) is 128 cm³/mol. The van der Waals surface area contributed by atoms with Gasteiger partial charge in [-0.15, -0.1) is 0 Å². The van der Waals surface area contributed by atoms with Gasteiger partial charge in [-0.3, -0.25) is 9.80 Å². The van der Waals surface area contributed by atoms with E-state index in [-0.39, 0.29) is 0 Å². The minimum absolute atomic E-state index is 0.436. The second kappa shape index (κ2) is 9.65. The van der Waals surface area contributed by atoms with Gasteiger partial charge in [0.15, 0.2) is 0 Å². The van der Waals surface area contributed by atoms with Crippen LogP contribution in [0.4, 0.5) is 0 Å². The Kier molecular flexibility index (Phi) is 6.27. The maximum absolute atomic E-state index is 6.62. The van der Waals surface area contributed by atoms with Crippen LogP contribution in [-0.4, -0.2) is 47.6 Å². The van der Waals surface area contributed by atoms with Crippen molar-refractivity contribution in [3.8, 4) is 11.5 Å². The van der Waals surface area contributed by atoms with Crippen LogP contribution in [0.1, 0.15) is 62.5 Å². The molecule has 0 aromatic heterocycles. The summed E-state index contributed by atoms with van der Waals surface area (Å²) in [5.74, 6) is 2.11. The lowest BCUT2D eigenvalue weighted by Gasteiger charge is -2.41. The highest BCUT2D eigenvalue weighted by molar-refractivity contribution is 5.35. The van der Waals surface area contributed by atoms with E-state index in [4.69, 9.17) is 14.2 Å². The number of hydrogen-bond acceptors (Lipinski definition) is 5. The van der Waals surface area contributed by atoms with Crippen molar-refractivity contribution >= 4 is 0 Å². The molecule has 0 radical (unpaired) electrons. The Balaban J connectivity index is 0.940. The Morgan fingerprint density at radius 2 is 1.00 bits per heavy atom. The monoisotopic (exact) mass is 448 g/mol. The second-order valence-electron chi connectivity index (χ2n) is 10.3. The van der Waals surface area contributed by atoms with Crippen molar-refractivity contribution in [2.24, 2.45) is 0 Å². The number of ether oxygens (including phenoxy) is 3. The van der Waals surface area contributed by atoms with Crippen LogP contribution in [-0.2, 0) is 17.8 Å². The molecule has 2 saturated carbocycles. The molecule has 0 unspecified atom stereocenters. The highest BCUT2D eigenvalue weighted by Crippen LogP contribution is 2.35. The average Bonchev–Trinajstić information content (AvgIpc) is 2.89. The predicted octanol–water partition coefficient (Wildman–Crippen LogP) is 5.33. The summed E-state index contributed by atoms with van der Waals surface area (Å²) >= 11 is 0. The van der Waals surface area contributed by atoms with Gasteiger partial charge in [-0.2, -0.15) is 0 Å². The quantitative estimate of drug-likeness (QED) is 0.632. The molecule has 2 aliphatic heterocycles. The highest BCUT2D eigenvalue weighted by atomic mass is 16.5. The Labute approximate surface area is 197 Å². The lowest BCUT2D eigenvalue weighted by Crippen LogP contribution is -2.45. The maximum atomic E-state index is 6.62. The van der Waals surface area contributed by atoms with Crippen LogP contribution in [0.3, 0.4) is 0 Å². The lowest BCUT2D eigenvalue weighted by atomic mass is 9.89. The number of rotatable bonds is 4. The molecule has 6 rings (SSSR count). The van der Waals surface area contributed by atoms with Gasteiger partial charge < -0.3 is 14.2 Å². The van der Waals surface area contributed by atoms with Crippen molar-refractivity contribution in [1.29, 1.82) is 0 Å². The molecule has 2 fully saturated rings. The minimum Gasteiger partial charge on any atom is -0.478 e. The van der Waals surface area contributed by atoms with E-state index in [1.54, 1.807) is 0 Å². The summed E-state index contributed by atoms with van der Waals surface area (Å²) in [5, 5.41) is 0. The molecule has 33 heavy (non-hydrogen) atoms. The standard InChI is InChI=1S/C28H36N2O3/c1-3-7-27-21(5-1)17-29(19-31-27)23-9-13-25(14-10-23)33-26-15-11-24(12-16-26)30-18-22-6-2-4-8-28(22)32-20-30/h1-8,23-26H,9-20H2. The third-order valence-electron chi connectivity index (χ3n) is 8.17. The van der Waals surface area contributed by atoms with E-state index in [1.165, 1.54) is 62.5 Å². The van der Waals surface area contributed by atoms with Gasteiger partial charge in [0.1, 0.15) is 25.0 Å². The van der Waals surface area contributed by atoms with Crippen LogP contribution in [0, 0.1) is 0 Å². The normalized spacial score (nSPS) is 30.5. The van der Waals surface area contributed by atoms with Gasteiger partial charge in [-0.1, -0.05) is 36.4 Å². The van der Waals surface area contributed by atoms with Gasteiger partial charge in [0.2, 0.25) is 0 Å². The number of para-hydroxylation sites is 2. The first-order valence-electron chi connectivity index (χ1n) is 12.9. The lowest BCUT2D eigenvalue weighted by molar-refractivity contribution is -0.0734. The van der Waals surface area contributed by atoms with Crippen LogP contribution >= 0.6 is 0 Å². The molecule has 5 nitrogen and oxygen atoms in total. The molecule has 2 heterocycles. The van der Waals surface area contributed by atoms with Crippen molar-refractivity contribution < 1.29 is 14.2 Å². The summed E-state index contributed by atoms with van der Waals surface area (Å²) in [6.45, 7) is 3.48. The zero-order valence-electron chi connectivity index (χ0n) is 19.5. The zero-order valence-corrected chi connectivity index (χ0v) is 19.5. The first-order valence-corrected chi connectivity index (χ1v) is 12.9. The van der Waals surface area contributed by atoms with Crippen LogP contribution in [0.25, 0.3) is 0 Å². The Morgan fingerprint density at radius 3 is 1.45 bits per heavy atom. The molecule has 0 bridgehead atoms. The Hall–Kier alpha value is -2.08. The molecule has 2 aromatic carbocycles. The van der Waals surface area contributed by atoms with Crippen molar-refractivity contribution in [3.05, 3.63) is 59.7 Å². The topological polar surface area (TPSA) is 34.2 Å². The summed E-state index contributed by atoms with van der Waals surface area (Å²) in [7, 11) is 0. The zero-order chi connectivity index (χ0) is 22.0. The van der Waals surface area contributed by atoms with Crippen LogP contribution in [0.5, 0.6) is 11.5 Å². The molecule has 0 atom stereocenters. The second-order valence-corrected chi connectivity index (χ2v) is 10.3. The van der Waals surface area contributed by atoms with Crippen molar-refractivity contribution in [1.82, 2.24) is 9.80 Å². The molecular weight excluding hydrogens is 412 g/mol. The van der Waals surface area contributed by atoms with Gasteiger partial charge in [0, 0.05) is 36.3 Å². The molecule has 4 aliphatic rings. The molecular formula is C28H36N2O3. The summed E-state index contributed by atoms with van der Waals surface area (Å²) in [6, 6.07) is 18.2. The fourth-order valence-corrected chi connectivity index (χ4v) is 6.22. The van der Waals surface area contributed by atoms with Gasteiger partial charge in [-0.05, 0) is 63.5 Å². The van der Waals surface area contributed by atoms with Crippen molar-refractivity contribution in [2.75, 3.05) is 13.5 Å². The third kappa shape index (κ3) is 4.77. The van der Waals surface area contributed by atoms with E-state index in [0.717, 1.165) is 38.1 Å². The molecule has 2 aliphatic carbocycles. The maximum Gasteiger partial charge on any atom is 0.142 e. The fourth-order valence-electron chi connectivity index (χ4n) is 6.22. The highest BCUT2D eigenvalue weighted by Gasteiger charge is 2.33. The summed E-state index contributed by atoms with van der Waals surface area (Å²) in [6.07, 6.45) is 10.5. The van der Waals surface area contributed by atoms with Crippen LogP contribution in [0.15, 0.2) is 48.5 Å². The Morgan fingerprint density at radius 1 is 0.576 bits per heavy atom. The van der Waals surface area contributed by atoms with E-state index in [9.17, 15) is 0 Å². The fraction of sp³-hybridized carbons (Fsp3) is 0.571. The van der Waals surface area contributed by atoms with E-state index >= 15 is 0 Å². The molecule has 0 spiro atoms. The molecule has 0 N–H and O–H groups in total. The van der Waals surface area contributed by atoms with Gasteiger partial charge in [0.05, 0.1) is 12.2 Å². The third-order valence-corrected chi connectivity index (χ3v) is 8.17. The van der Waals surface area contributed by atoms with Crippen LogP contribution < -0.4 is 9.47 Å². The first kappa shape index (κ1) is 21.5. The molecule has 176 valence electrons. The summed E-state index contributed by atoms with van der Waals surface area (Å²) in [5.41, 5.74) is 2.64. The van der Waals surface area contributed by atoms with Crippen molar-refractivity contribution in [2.45, 2.75) is 88.7 Å². The van der Waals surface area contributed by atoms with Crippen LogP contribution in [0.2, 0.25) is 0 Å². The van der Waals surface area contributed by atoms with Gasteiger partial charge in [-0.25, -0.2) is 0 Å². The van der Waals surface area contributed by atoms with Gasteiger partial charge in [0.25, 0.3) is 0 Å². The molecule has 5 heteroatoms. The van der Waals surface area contributed by atoms with E-state index in [1.807, 2.05) is 0 Å². The molecule has 2 aromatic rings. The Bertz CT molecular complexity index is 859. The van der Waals surface area contributed by atoms with E-state index in [0.29, 0.717) is 24.3 Å². The van der Waals surface area contributed by atoms with E-state index < -0.39 is 0 Å². The summed E-state index contributed by atoms with van der Waals surface area (Å²) in [4.78, 5) is 5.03. The average molecular weight is 449 g/mol. The SMILES string of the molecule is c1ccc2c(c1)CN(C1CCC(OC3CCC(N4COc5ccccc5C4)CC3)CC1)CO2.